The summed E-state index contributed by atoms with van der Waals surface area (Å²) in [6.07, 6.45) is 1.66. The summed E-state index contributed by atoms with van der Waals surface area (Å²) < 4.78 is 2.34. The smallest absolute Gasteiger partial charge is 0.272 e. The number of halogens is 1. The van der Waals surface area contributed by atoms with Crippen LogP contribution in [0.4, 0.5) is 0 Å². The van der Waals surface area contributed by atoms with Gasteiger partial charge in [-0.1, -0.05) is 13.8 Å². The molecule has 2 aromatic rings. The molecule has 0 aliphatic rings. The fourth-order valence-electron chi connectivity index (χ4n) is 1.38. The predicted molar refractivity (Wildman–Crippen MR) is 66.0 cm³/mol. The third-order valence-electron chi connectivity index (χ3n) is 2.30. The molecule has 2 heterocycles. The molecule has 4 nitrogen and oxygen atoms in total. The van der Waals surface area contributed by atoms with E-state index in [-0.39, 0.29) is 5.56 Å². The summed E-state index contributed by atoms with van der Waals surface area (Å²) >= 11 is 3.30. The standard InChI is InChI=1S/C11H12BrN3O/c1-7(2)9-5-11(16)15(14-9)10-4-3-8(12)6-13-10/h3-7,14H,1-2H3. The molecule has 0 fully saturated rings. The van der Waals surface area contributed by atoms with Crippen LogP contribution in [0.25, 0.3) is 5.82 Å². The molecule has 5 heteroatoms. The molecule has 0 atom stereocenters. The SMILES string of the molecule is CC(C)c1cc(=O)n(-c2ccc(Br)cn2)[nH]1. The summed E-state index contributed by atoms with van der Waals surface area (Å²) in [7, 11) is 0. The molecule has 2 rings (SSSR count). The number of hydrogen-bond acceptors (Lipinski definition) is 2. The first-order valence-corrected chi connectivity index (χ1v) is 5.81. The first-order valence-electron chi connectivity index (χ1n) is 5.02. The molecular weight excluding hydrogens is 270 g/mol. The lowest BCUT2D eigenvalue weighted by atomic mass is 10.1. The normalized spacial score (nSPS) is 11.0. The van der Waals surface area contributed by atoms with Gasteiger partial charge in [0.2, 0.25) is 0 Å². The van der Waals surface area contributed by atoms with E-state index in [2.05, 4.69) is 26.0 Å². The Labute approximate surface area is 101 Å². The third kappa shape index (κ3) is 2.09. The van der Waals surface area contributed by atoms with Crippen LogP contribution in [-0.2, 0) is 0 Å². The maximum atomic E-state index is 11.7. The Hall–Kier alpha value is -1.36. The number of nitrogens with zero attached hydrogens (tertiary/aromatic N) is 2. The van der Waals surface area contributed by atoms with E-state index < -0.39 is 0 Å². The van der Waals surface area contributed by atoms with Crippen molar-refractivity contribution >= 4 is 15.9 Å². The van der Waals surface area contributed by atoms with Crippen molar-refractivity contribution in [3.63, 3.8) is 0 Å². The topological polar surface area (TPSA) is 50.7 Å². The van der Waals surface area contributed by atoms with Gasteiger partial charge in [-0.25, -0.2) is 9.67 Å². The van der Waals surface area contributed by atoms with Crippen LogP contribution >= 0.6 is 15.9 Å². The zero-order chi connectivity index (χ0) is 11.7. The van der Waals surface area contributed by atoms with Gasteiger partial charge in [-0.3, -0.25) is 9.89 Å². The number of aromatic amines is 1. The van der Waals surface area contributed by atoms with E-state index in [9.17, 15) is 4.79 Å². The van der Waals surface area contributed by atoms with Crippen LogP contribution in [0.15, 0.2) is 33.7 Å². The molecule has 0 amide bonds. The summed E-state index contributed by atoms with van der Waals surface area (Å²) in [5, 5.41) is 3.04. The van der Waals surface area contributed by atoms with Crippen LogP contribution in [0.1, 0.15) is 25.5 Å². The van der Waals surface area contributed by atoms with E-state index in [1.807, 2.05) is 19.9 Å². The Kier molecular flexibility index (Phi) is 2.96. The van der Waals surface area contributed by atoms with E-state index in [1.54, 1.807) is 18.3 Å². The lowest BCUT2D eigenvalue weighted by Gasteiger charge is -2.02. The first-order chi connectivity index (χ1) is 7.58. The van der Waals surface area contributed by atoms with Gasteiger partial charge in [0, 0.05) is 22.4 Å². The Bertz CT molecular complexity index is 539. The third-order valence-corrected chi connectivity index (χ3v) is 2.77. The highest BCUT2D eigenvalue weighted by molar-refractivity contribution is 9.10. The van der Waals surface area contributed by atoms with Crippen LogP contribution < -0.4 is 5.56 Å². The van der Waals surface area contributed by atoms with Gasteiger partial charge in [0.1, 0.15) is 0 Å². The highest BCUT2D eigenvalue weighted by atomic mass is 79.9. The van der Waals surface area contributed by atoms with Gasteiger partial charge in [0.25, 0.3) is 5.56 Å². The average Bonchev–Trinajstić information content (AvgIpc) is 2.62. The van der Waals surface area contributed by atoms with Gasteiger partial charge in [0.15, 0.2) is 5.82 Å². The molecule has 0 aromatic carbocycles. The second-order valence-corrected chi connectivity index (χ2v) is 4.79. The maximum absolute atomic E-state index is 11.7. The number of pyridine rings is 1. The van der Waals surface area contributed by atoms with Gasteiger partial charge in [0.05, 0.1) is 0 Å². The molecule has 1 N–H and O–H groups in total. The average molecular weight is 282 g/mol. The van der Waals surface area contributed by atoms with Crippen molar-refractivity contribution in [2.24, 2.45) is 0 Å². The Morgan fingerprint density at radius 1 is 1.44 bits per heavy atom. The van der Waals surface area contributed by atoms with Crippen molar-refractivity contribution in [2.45, 2.75) is 19.8 Å². The molecule has 2 aromatic heterocycles. The molecule has 0 spiro atoms. The predicted octanol–water partition coefficient (Wildman–Crippen LogP) is 2.45. The molecule has 0 bridgehead atoms. The number of rotatable bonds is 2. The van der Waals surface area contributed by atoms with Crippen LogP contribution in [-0.4, -0.2) is 14.8 Å². The van der Waals surface area contributed by atoms with Crippen molar-refractivity contribution in [2.75, 3.05) is 0 Å². The zero-order valence-corrected chi connectivity index (χ0v) is 10.7. The summed E-state index contributed by atoms with van der Waals surface area (Å²) in [5.41, 5.74) is 0.827. The summed E-state index contributed by atoms with van der Waals surface area (Å²) in [6.45, 7) is 4.06. The van der Waals surface area contributed by atoms with Crippen molar-refractivity contribution in [3.05, 3.63) is 44.9 Å². The van der Waals surface area contributed by atoms with Gasteiger partial charge >= 0.3 is 0 Å². The largest absolute Gasteiger partial charge is 0.293 e. The number of H-pyrrole nitrogens is 1. The molecular formula is C11H12BrN3O. The molecule has 0 saturated carbocycles. The second kappa shape index (κ2) is 4.25. The van der Waals surface area contributed by atoms with E-state index in [4.69, 9.17) is 0 Å². The van der Waals surface area contributed by atoms with Crippen molar-refractivity contribution in [1.29, 1.82) is 0 Å². The maximum Gasteiger partial charge on any atom is 0.272 e. The minimum Gasteiger partial charge on any atom is -0.293 e. The molecule has 0 saturated heterocycles. The zero-order valence-electron chi connectivity index (χ0n) is 9.07. The fourth-order valence-corrected chi connectivity index (χ4v) is 1.61. The number of hydrogen-bond donors (Lipinski definition) is 1. The summed E-state index contributed by atoms with van der Waals surface area (Å²) in [5.74, 6) is 0.893. The van der Waals surface area contributed by atoms with Gasteiger partial charge < -0.3 is 0 Å². The Morgan fingerprint density at radius 2 is 2.19 bits per heavy atom. The Morgan fingerprint density at radius 3 is 2.69 bits per heavy atom. The molecule has 0 aliphatic carbocycles. The van der Waals surface area contributed by atoms with Gasteiger partial charge in [-0.05, 0) is 34.0 Å². The molecule has 84 valence electrons. The van der Waals surface area contributed by atoms with Crippen LogP contribution in [0.5, 0.6) is 0 Å². The lowest BCUT2D eigenvalue weighted by molar-refractivity contribution is 0.748. The highest BCUT2D eigenvalue weighted by Crippen LogP contribution is 2.12. The number of nitrogens with one attached hydrogen (secondary N) is 1. The molecule has 0 aliphatic heterocycles. The van der Waals surface area contributed by atoms with Crippen molar-refractivity contribution < 1.29 is 0 Å². The van der Waals surface area contributed by atoms with Gasteiger partial charge in [-0.2, -0.15) is 0 Å². The molecule has 0 radical (unpaired) electrons. The van der Waals surface area contributed by atoms with Crippen molar-refractivity contribution in [1.82, 2.24) is 14.8 Å². The second-order valence-electron chi connectivity index (χ2n) is 3.87. The monoisotopic (exact) mass is 281 g/mol. The minimum atomic E-state index is -0.0847. The van der Waals surface area contributed by atoms with Gasteiger partial charge in [-0.15, -0.1) is 0 Å². The minimum absolute atomic E-state index is 0.0847. The lowest BCUT2D eigenvalue weighted by Crippen LogP contribution is -2.14. The van der Waals surface area contributed by atoms with Crippen LogP contribution in [0.2, 0.25) is 0 Å². The first kappa shape index (κ1) is 11.1. The highest BCUT2D eigenvalue weighted by Gasteiger charge is 2.08. The van der Waals surface area contributed by atoms with Crippen LogP contribution in [0, 0.1) is 0 Å². The molecule has 16 heavy (non-hydrogen) atoms. The quantitative estimate of drug-likeness (QED) is 0.919. The van der Waals surface area contributed by atoms with Crippen molar-refractivity contribution in [3.8, 4) is 5.82 Å². The van der Waals surface area contributed by atoms with E-state index in [0.717, 1.165) is 10.2 Å². The number of aromatic nitrogens is 3. The molecule has 0 unspecified atom stereocenters. The van der Waals surface area contributed by atoms with E-state index in [1.165, 1.54) is 4.68 Å². The Balaban J connectivity index is 2.48. The van der Waals surface area contributed by atoms with E-state index in [0.29, 0.717) is 11.7 Å². The summed E-state index contributed by atoms with van der Waals surface area (Å²) in [6, 6.07) is 5.24. The summed E-state index contributed by atoms with van der Waals surface area (Å²) in [4.78, 5) is 15.9. The van der Waals surface area contributed by atoms with Crippen LogP contribution in [0.3, 0.4) is 0 Å². The van der Waals surface area contributed by atoms with E-state index >= 15 is 0 Å². The fraction of sp³-hybridized carbons (Fsp3) is 0.273.